The van der Waals surface area contributed by atoms with Crippen molar-refractivity contribution in [3.8, 4) is 17.0 Å². The van der Waals surface area contributed by atoms with Crippen LogP contribution < -0.4 is 10.1 Å². The zero-order chi connectivity index (χ0) is 35.6. The number of hydrogen-bond donors (Lipinski definition) is 1. The Hall–Kier alpha value is -4.35. The van der Waals surface area contributed by atoms with Crippen LogP contribution in [-0.4, -0.2) is 104 Å². The molecule has 0 radical (unpaired) electrons. The van der Waals surface area contributed by atoms with Crippen LogP contribution in [0.4, 0.5) is 27.6 Å². The molecule has 0 aliphatic carbocycles. The third-order valence-electron chi connectivity index (χ3n) is 8.75. The quantitative estimate of drug-likeness (QED) is 0.194. The minimum Gasteiger partial charge on any atom is -0.434 e. The molecular formula is C32H34ClF5N8O4. The van der Waals surface area contributed by atoms with Gasteiger partial charge in [0.15, 0.2) is 5.65 Å². The number of fused-ring (bicyclic) bond motifs is 1. The Kier molecular flexibility index (Phi) is 10.3. The molecule has 2 aliphatic rings. The van der Waals surface area contributed by atoms with Crippen molar-refractivity contribution in [1.29, 1.82) is 0 Å². The van der Waals surface area contributed by atoms with Gasteiger partial charge in [0.2, 0.25) is 5.91 Å². The van der Waals surface area contributed by atoms with E-state index in [0.29, 0.717) is 45.7 Å². The molecule has 6 rings (SSSR count). The number of nitrogens with zero attached hydrogens (tertiary/aromatic N) is 7. The lowest BCUT2D eigenvalue weighted by atomic mass is 9.86. The van der Waals surface area contributed by atoms with Crippen LogP contribution in [-0.2, 0) is 16.1 Å². The standard InChI is InChI=1S/C32H34ClF5N8O4/c1-31(18-49-19-31)17-44(12-7-32(36,37)38)21-5-10-43(11-6-21)26(47)16-45-15-24(41-29(48)23-14-40-46-9-2-8-39-28(23)46)27(42-45)22-13-20(33)3-4-25(22)50-30(34)35/h2-4,8-9,13-15,21,30H,5-7,10-12,16-19H2,1H3,(H,41,48). The van der Waals surface area contributed by atoms with Crippen LogP contribution in [0.3, 0.4) is 0 Å². The van der Waals surface area contributed by atoms with Gasteiger partial charge in [0, 0.05) is 66.8 Å². The second-order valence-electron chi connectivity index (χ2n) is 12.8. The lowest BCUT2D eigenvalue weighted by Crippen LogP contribution is -2.54. The molecule has 0 unspecified atom stereocenters. The van der Waals surface area contributed by atoms with Crippen molar-refractivity contribution < 1.29 is 41.0 Å². The van der Waals surface area contributed by atoms with E-state index in [2.05, 4.69) is 20.5 Å². The molecule has 1 aromatic carbocycles. The zero-order valence-corrected chi connectivity index (χ0v) is 27.6. The van der Waals surface area contributed by atoms with E-state index in [9.17, 15) is 31.5 Å². The van der Waals surface area contributed by atoms with E-state index in [0.717, 1.165) is 0 Å². The van der Waals surface area contributed by atoms with Gasteiger partial charge in [-0.15, -0.1) is 0 Å². The summed E-state index contributed by atoms with van der Waals surface area (Å²) in [5, 5.41) is 11.5. The van der Waals surface area contributed by atoms with Gasteiger partial charge < -0.3 is 19.7 Å². The summed E-state index contributed by atoms with van der Waals surface area (Å²) in [5.74, 6) is -1.20. The lowest BCUT2D eigenvalue weighted by molar-refractivity contribution is -0.150. The van der Waals surface area contributed by atoms with Gasteiger partial charge in [-0.3, -0.25) is 19.2 Å². The smallest absolute Gasteiger partial charge is 0.390 e. The molecule has 2 saturated heterocycles. The Morgan fingerprint density at radius 1 is 1.22 bits per heavy atom. The normalized spacial score (nSPS) is 16.6. The van der Waals surface area contributed by atoms with Crippen molar-refractivity contribution in [2.24, 2.45) is 5.41 Å². The van der Waals surface area contributed by atoms with Crippen LogP contribution in [0.1, 0.15) is 36.5 Å². The van der Waals surface area contributed by atoms with Crippen LogP contribution in [0.2, 0.25) is 5.02 Å². The van der Waals surface area contributed by atoms with Gasteiger partial charge in [0.05, 0.1) is 31.5 Å². The van der Waals surface area contributed by atoms with Gasteiger partial charge >= 0.3 is 12.8 Å². The van der Waals surface area contributed by atoms with E-state index in [1.54, 1.807) is 17.2 Å². The zero-order valence-electron chi connectivity index (χ0n) is 26.9. The molecule has 12 nitrogen and oxygen atoms in total. The molecule has 0 saturated carbocycles. The molecule has 5 heterocycles. The molecular weight excluding hydrogens is 691 g/mol. The fourth-order valence-electron chi connectivity index (χ4n) is 6.27. The molecule has 2 fully saturated rings. The summed E-state index contributed by atoms with van der Waals surface area (Å²) in [6, 6.07) is 5.46. The highest BCUT2D eigenvalue weighted by Crippen LogP contribution is 2.37. The van der Waals surface area contributed by atoms with Crippen LogP contribution in [0.15, 0.2) is 49.1 Å². The van der Waals surface area contributed by atoms with Crippen molar-refractivity contribution in [2.75, 3.05) is 44.7 Å². The number of ether oxygens (including phenoxy) is 2. The topological polar surface area (TPSA) is 119 Å². The Labute approximate surface area is 288 Å². The number of likely N-dealkylation sites (tertiary alicyclic amines) is 1. The number of amides is 2. The highest BCUT2D eigenvalue weighted by Gasteiger charge is 2.39. The van der Waals surface area contributed by atoms with Crippen LogP contribution in [0, 0.1) is 5.41 Å². The van der Waals surface area contributed by atoms with Gasteiger partial charge in [-0.25, -0.2) is 9.50 Å². The van der Waals surface area contributed by atoms with E-state index >= 15 is 0 Å². The maximum absolute atomic E-state index is 13.5. The summed E-state index contributed by atoms with van der Waals surface area (Å²) in [6.45, 7) is 0.505. The number of anilines is 1. The predicted molar refractivity (Wildman–Crippen MR) is 171 cm³/mol. The Morgan fingerprint density at radius 3 is 2.66 bits per heavy atom. The summed E-state index contributed by atoms with van der Waals surface area (Å²) in [7, 11) is 0. The summed E-state index contributed by atoms with van der Waals surface area (Å²) >= 11 is 6.21. The van der Waals surface area contributed by atoms with Gasteiger partial charge in [-0.1, -0.05) is 18.5 Å². The van der Waals surface area contributed by atoms with Gasteiger partial charge in [0.25, 0.3) is 5.91 Å². The summed E-state index contributed by atoms with van der Waals surface area (Å²) in [5.41, 5.74) is 0.320. The number of carbonyl (C=O) groups excluding carboxylic acids is 2. The molecule has 18 heteroatoms. The highest BCUT2D eigenvalue weighted by atomic mass is 35.5. The maximum Gasteiger partial charge on any atom is 0.390 e. The van der Waals surface area contributed by atoms with Gasteiger partial charge in [0.1, 0.15) is 23.6 Å². The third-order valence-corrected chi connectivity index (χ3v) is 8.98. The van der Waals surface area contributed by atoms with Crippen molar-refractivity contribution in [2.45, 2.75) is 51.6 Å². The van der Waals surface area contributed by atoms with Crippen molar-refractivity contribution in [1.82, 2.24) is 34.2 Å². The molecule has 268 valence electrons. The van der Waals surface area contributed by atoms with E-state index in [1.807, 2.05) is 11.8 Å². The SMILES string of the molecule is CC1(CN(CCC(F)(F)F)C2CCN(C(=O)Cn3cc(NC(=O)c4cnn5cccnc45)c(-c4cc(Cl)ccc4OC(F)F)n3)CC2)COC1. The average molecular weight is 725 g/mol. The van der Waals surface area contributed by atoms with Crippen LogP contribution in [0.5, 0.6) is 5.75 Å². The Balaban J connectivity index is 1.20. The van der Waals surface area contributed by atoms with Crippen molar-refractivity contribution in [3.05, 3.63) is 59.6 Å². The molecule has 50 heavy (non-hydrogen) atoms. The fourth-order valence-corrected chi connectivity index (χ4v) is 6.44. The highest BCUT2D eigenvalue weighted by molar-refractivity contribution is 6.31. The third kappa shape index (κ3) is 8.33. The molecule has 0 bridgehead atoms. The molecule has 0 atom stereocenters. The minimum absolute atomic E-state index is 0.0150. The molecule has 2 aliphatic heterocycles. The summed E-state index contributed by atoms with van der Waals surface area (Å²) in [6.07, 6.45) is 1.58. The first-order valence-corrected chi connectivity index (χ1v) is 16.2. The first-order valence-electron chi connectivity index (χ1n) is 15.9. The molecule has 1 N–H and O–H groups in total. The molecule has 2 amide bonds. The van der Waals surface area contributed by atoms with E-state index in [-0.39, 0.29) is 69.4 Å². The molecule has 4 aromatic rings. The maximum atomic E-state index is 13.5. The average Bonchev–Trinajstić information content (AvgIpc) is 3.66. The van der Waals surface area contributed by atoms with E-state index in [4.69, 9.17) is 21.1 Å². The van der Waals surface area contributed by atoms with Crippen LogP contribution >= 0.6 is 11.6 Å². The number of alkyl halides is 5. The number of piperidine rings is 1. The number of halogens is 6. The summed E-state index contributed by atoms with van der Waals surface area (Å²) < 4.78 is 78.8. The van der Waals surface area contributed by atoms with E-state index in [1.165, 1.54) is 46.0 Å². The fraction of sp³-hybridized carbons (Fsp3) is 0.469. The second kappa shape index (κ2) is 14.5. The number of aromatic nitrogens is 5. The number of carbonyl (C=O) groups is 2. The summed E-state index contributed by atoms with van der Waals surface area (Å²) in [4.78, 5) is 34.6. The Bertz CT molecular complexity index is 1840. The first kappa shape index (κ1) is 35.5. The number of rotatable bonds is 12. The number of nitrogens with one attached hydrogen (secondary N) is 1. The second-order valence-corrected chi connectivity index (χ2v) is 13.2. The van der Waals surface area contributed by atoms with Crippen LogP contribution in [0.25, 0.3) is 16.9 Å². The predicted octanol–water partition coefficient (Wildman–Crippen LogP) is 5.38. The van der Waals surface area contributed by atoms with E-state index < -0.39 is 25.1 Å². The molecule has 3 aromatic heterocycles. The minimum atomic E-state index is -4.28. The van der Waals surface area contributed by atoms with Crippen molar-refractivity contribution in [3.63, 3.8) is 0 Å². The molecule has 0 spiro atoms. The monoisotopic (exact) mass is 724 g/mol. The largest absolute Gasteiger partial charge is 0.434 e. The lowest BCUT2D eigenvalue weighted by Gasteiger charge is -2.46. The Morgan fingerprint density at radius 2 is 1.98 bits per heavy atom. The number of hydrogen-bond acceptors (Lipinski definition) is 8. The first-order chi connectivity index (χ1) is 23.8. The van der Waals surface area contributed by atoms with Gasteiger partial charge in [-0.2, -0.15) is 32.1 Å². The van der Waals surface area contributed by atoms with Crippen molar-refractivity contribution >= 4 is 34.7 Å². The van der Waals surface area contributed by atoms with Gasteiger partial charge in [-0.05, 0) is 37.1 Å². The number of benzene rings is 1.